The summed E-state index contributed by atoms with van der Waals surface area (Å²) in [5.41, 5.74) is 7.70. The Labute approximate surface area is 176 Å². The highest BCUT2D eigenvalue weighted by Gasteiger charge is 2.26. The van der Waals surface area contributed by atoms with Crippen molar-refractivity contribution in [2.45, 2.75) is 32.0 Å². The van der Waals surface area contributed by atoms with E-state index in [0.717, 1.165) is 54.3 Å². The van der Waals surface area contributed by atoms with E-state index in [0.29, 0.717) is 13.2 Å². The van der Waals surface area contributed by atoms with E-state index in [1.807, 2.05) is 18.2 Å². The molecule has 29 heavy (non-hydrogen) atoms. The summed E-state index contributed by atoms with van der Waals surface area (Å²) >= 11 is 1.71. The van der Waals surface area contributed by atoms with Crippen molar-refractivity contribution in [1.29, 1.82) is 0 Å². The fraction of sp³-hybridized carbons (Fsp3) is 0.435. The molecule has 1 saturated heterocycles. The number of ether oxygens (including phenoxy) is 2. The second kappa shape index (κ2) is 9.67. The smallest absolute Gasteiger partial charge is 0.135 e. The van der Waals surface area contributed by atoms with E-state index in [4.69, 9.17) is 20.2 Å². The van der Waals surface area contributed by atoms with Gasteiger partial charge in [-0.1, -0.05) is 31.2 Å². The first kappa shape index (κ1) is 20.3. The summed E-state index contributed by atoms with van der Waals surface area (Å²) in [7, 11) is 0. The molecule has 2 aromatic carbocycles. The molecule has 6 heteroatoms. The van der Waals surface area contributed by atoms with Crippen molar-refractivity contribution in [2.75, 3.05) is 32.8 Å². The molecular weight excluding hydrogens is 382 g/mol. The first-order valence-electron chi connectivity index (χ1n) is 10.4. The second-order valence-corrected chi connectivity index (χ2v) is 8.44. The van der Waals surface area contributed by atoms with E-state index in [9.17, 15) is 0 Å². The van der Waals surface area contributed by atoms with E-state index in [1.165, 1.54) is 4.70 Å². The van der Waals surface area contributed by atoms with Gasteiger partial charge in [0.05, 0.1) is 16.3 Å². The summed E-state index contributed by atoms with van der Waals surface area (Å²) in [5.74, 6) is 0.823. The van der Waals surface area contributed by atoms with Gasteiger partial charge in [-0.2, -0.15) is 0 Å². The molecule has 2 N–H and O–H groups in total. The van der Waals surface area contributed by atoms with Crippen molar-refractivity contribution in [1.82, 2.24) is 9.88 Å². The van der Waals surface area contributed by atoms with Gasteiger partial charge in [0.2, 0.25) is 0 Å². The molecule has 3 aromatic rings. The topological polar surface area (TPSA) is 60.6 Å². The lowest BCUT2D eigenvalue weighted by molar-refractivity contribution is -0.0262. The maximum absolute atomic E-state index is 6.69. The normalized spacial score (nSPS) is 16.9. The summed E-state index contributed by atoms with van der Waals surface area (Å²) in [6, 6.07) is 16.4. The average Bonchev–Trinajstić information content (AvgIpc) is 3.20. The lowest BCUT2D eigenvalue weighted by Crippen LogP contribution is -2.37. The number of likely N-dealkylation sites (tertiary alicyclic amines) is 1. The molecule has 1 fully saturated rings. The Kier molecular flexibility index (Phi) is 6.77. The SMILES string of the molecule is CCN1CCC(OC(c2cccc(OCCN)c2)c2nc3ccccc3s2)CC1. The van der Waals surface area contributed by atoms with Gasteiger partial charge in [-0.25, -0.2) is 4.98 Å². The minimum atomic E-state index is -0.188. The number of benzene rings is 2. The van der Waals surface area contributed by atoms with Crippen LogP contribution in [0.15, 0.2) is 48.5 Å². The molecule has 1 aliphatic heterocycles. The predicted octanol–water partition coefficient (Wildman–Crippen LogP) is 4.22. The summed E-state index contributed by atoms with van der Waals surface area (Å²) < 4.78 is 13.6. The van der Waals surface area contributed by atoms with Crippen LogP contribution in [0.4, 0.5) is 0 Å². The Bertz CT molecular complexity index is 888. The highest BCUT2D eigenvalue weighted by Crippen LogP contribution is 2.36. The van der Waals surface area contributed by atoms with E-state index in [2.05, 4.69) is 42.2 Å². The van der Waals surface area contributed by atoms with Gasteiger partial charge < -0.3 is 20.1 Å². The van der Waals surface area contributed by atoms with E-state index in [1.54, 1.807) is 11.3 Å². The molecule has 5 nitrogen and oxygen atoms in total. The largest absolute Gasteiger partial charge is 0.492 e. The number of nitrogens with zero attached hydrogens (tertiary/aromatic N) is 2. The molecule has 0 radical (unpaired) electrons. The Morgan fingerprint density at radius 1 is 1.17 bits per heavy atom. The molecule has 2 heterocycles. The monoisotopic (exact) mass is 411 g/mol. The fourth-order valence-electron chi connectivity index (χ4n) is 3.78. The van der Waals surface area contributed by atoms with Crippen LogP contribution >= 0.6 is 11.3 Å². The van der Waals surface area contributed by atoms with Gasteiger partial charge in [-0.3, -0.25) is 0 Å². The fourth-order valence-corrected chi connectivity index (χ4v) is 4.81. The van der Waals surface area contributed by atoms with Crippen molar-refractivity contribution < 1.29 is 9.47 Å². The second-order valence-electron chi connectivity index (χ2n) is 7.38. The van der Waals surface area contributed by atoms with Crippen LogP contribution in [0.3, 0.4) is 0 Å². The number of hydrogen-bond acceptors (Lipinski definition) is 6. The summed E-state index contributed by atoms with van der Waals surface area (Å²) in [4.78, 5) is 7.38. The van der Waals surface area contributed by atoms with Gasteiger partial charge in [0.1, 0.15) is 23.5 Å². The van der Waals surface area contributed by atoms with Crippen molar-refractivity contribution in [3.05, 3.63) is 59.1 Å². The molecule has 0 saturated carbocycles. The third kappa shape index (κ3) is 4.95. The highest BCUT2D eigenvalue weighted by molar-refractivity contribution is 7.18. The summed E-state index contributed by atoms with van der Waals surface area (Å²) in [5, 5.41) is 1.00. The highest BCUT2D eigenvalue weighted by atomic mass is 32.1. The number of aromatic nitrogens is 1. The number of piperidine rings is 1. The molecule has 1 unspecified atom stereocenters. The van der Waals surface area contributed by atoms with Crippen molar-refractivity contribution in [2.24, 2.45) is 5.73 Å². The number of fused-ring (bicyclic) bond motifs is 1. The van der Waals surface area contributed by atoms with Gasteiger partial charge >= 0.3 is 0 Å². The maximum Gasteiger partial charge on any atom is 0.135 e. The Morgan fingerprint density at radius 3 is 2.76 bits per heavy atom. The van der Waals surface area contributed by atoms with E-state index in [-0.39, 0.29) is 12.2 Å². The van der Waals surface area contributed by atoms with E-state index >= 15 is 0 Å². The van der Waals surface area contributed by atoms with Crippen LogP contribution in [-0.2, 0) is 4.74 Å². The Morgan fingerprint density at radius 2 is 2.00 bits per heavy atom. The van der Waals surface area contributed by atoms with E-state index < -0.39 is 0 Å². The third-order valence-electron chi connectivity index (χ3n) is 5.39. The van der Waals surface area contributed by atoms with Crippen LogP contribution in [0.1, 0.15) is 36.4 Å². The maximum atomic E-state index is 6.69. The molecule has 4 rings (SSSR count). The lowest BCUT2D eigenvalue weighted by Gasteiger charge is -2.33. The molecule has 1 atom stereocenters. The minimum absolute atomic E-state index is 0.188. The van der Waals surface area contributed by atoms with Crippen molar-refractivity contribution in [3.63, 3.8) is 0 Å². The van der Waals surface area contributed by atoms with Crippen molar-refractivity contribution >= 4 is 21.6 Å². The standard InChI is InChI=1S/C23H29N3O2S/c1-2-26-13-10-18(11-14-26)28-22(17-6-5-7-19(16-17)27-15-12-24)23-25-20-8-3-4-9-21(20)29-23/h3-9,16,18,22H,2,10-15,24H2,1H3. The Hall–Kier alpha value is -1.99. The number of rotatable bonds is 8. The van der Waals surface area contributed by atoms with Crippen LogP contribution in [0.2, 0.25) is 0 Å². The number of hydrogen-bond donors (Lipinski definition) is 1. The zero-order valence-corrected chi connectivity index (χ0v) is 17.7. The number of para-hydroxylation sites is 1. The van der Waals surface area contributed by atoms with Crippen molar-refractivity contribution in [3.8, 4) is 5.75 Å². The van der Waals surface area contributed by atoms with Crippen LogP contribution in [0, 0.1) is 0 Å². The summed E-state index contributed by atoms with van der Waals surface area (Å²) in [6.07, 6.45) is 2.16. The van der Waals surface area contributed by atoms with Gasteiger partial charge in [0.25, 0.3) is 0 Å². The molecule has 1 aliphatic rings. The number of nitrogens with two attached hydrogens (primary N) is 1. The Balaban J connectivity index is 1.62. The van der Waals surface area contributed by atoms with Gasteiger partial charge in [0.15, 0.2) is 0 Å². The molecule has 0 amide bonds. The predicted molar refractivity (Wildman–Crippen MR) is 119 cm³/mol. The number of thiazole rings is 1. The van der Waals surface area contributed by atoms with Gasteiger partial charge in [-0.05, 0) is 49.2 Å². The molecule has 1 aromatic heterocycles. The van der Waals surface area contributed by atoms with Crippen LogP contribution < -0.4 is 10.5 Å². The van der Waals surface area contributed by atoms with Crippen LogP contribution in [-0.4, -0.2) is 48.8 Å². The molecule has 154 valence electrons. The minimum Gasteiger partial charge on any atom is -0.492 e. The molecular formula is C23H29N3O2S. The molecule has 0 bridgehead atoms. The lowest BCUT2D eigenvalue weighted by atomic mass is 10.1. The zero-order valence-electron chi connectivity index (χ0n) is 16.9. The van der Waals surface area contributed by atoms with Crippen LogP contribution in [0.25, 0.3) is 10.2 Å². The zero-order chi connectivity index (χ0) is 20.1. The summed E-state index contributed by atoms with van der Waals surface area (Å²) in [6.45, 7) is 6.51. The van der Waals surface area contributed by atoms with Gasteiger partial charge in [0, 0.05) is 19.6 Å². The van der Waals surface area contributed by atoms with Crippen LogP contribution in [0.5, 0.6) is 5.75 Å². The molecule has 0 spiro atoms. The third-order valence-corrected chi connectivity index (χ3v) is 6.47. The first-order valence-corrected chi connectivity index (χ1v) is 11.2. The van der Waals surface area contributed by atoms with Gasteiger partial charge in [-0.15, -0.1) is 11.3 Å². The molecule has 0 aliphatic carbocycles. The quantitative estimate of drug-likeness (QED) is 0.601. The average molecular weight is 412 g/mol. The first-order chi connectivity index (χ1) is 14.3.